The van der Waals surface area contributed by atoms with Crippen LogP contribution in [0.4, 0.5) is 0 Å². The van der Waals surface area contributed by atoms with Gasteiger partial charge in [0.15, 0.2) is 5.78 Å². The van der Waals surface area contributed by atoms with Crippen LogP contribution in [-0.2, 0) is 25.2 Å². The number of hydrogen-bond acceptors (Lipinski definition) is 5. The number of carbonyl (C=O) groups excluding carboxylic acids is 2. The average molecular weight is 304 g/mol. The Labute approximate surface area is 120 Å². The number of aliphatic carboxylic acids is 1. The average Bonchev–Trinajstić information content (AvgIpc) is 2.35. The van der Waals surface area contributed by atoms with Crippen LogP contribution in [0.5, 0.6) is 0 Å². The molecule has 1 amide bonds. The van der Waals surface area contributed by atoms with Crippen LogP contribution >= 0.6 is 0 Å². The second-order valence-corrected chi connectivity index (χ2v) is 5.60. The van der Waals surface area contributed by atoms with E-state index in [-0.39, 0.29) is 24.4 Å². The van der Waals surface area contributed by atoms with E-state index >= 15 is 0 Å². The maximum atomic E-state index is 11.6. The standard InChI is InChI=1S/C12H20N2O5S/c1-3-6-20(19)7-10(8(2)15)14-11(16)5-4-9(13)12(17)18/h3,6,9-10H,4-5,7,13H2,1-2H3,(H,14,16)(H,17,18). The van der Waals surface area contributed by atoms with Crippen molar-refractivity contribution in [3.63, 3.8) is 0 Å². The van der Waals surface area contributed by atoms with Crippen LogP contribution in [0.3, 0.4) is 0 Å². The van der Waals surface area contributed by atoms with Gasteiger partial charge in [0.05, 0.1) is 11.8 Å². The minimum absolute atomic E-state index is 0.00357. The Morgan fingerprint density at radius 3 is 2.45 bits per heavy atom. The molecule has 0 bridgehead atoms. The van der Waals surface area contributed by atoms with Gasteiger partial charge in [-0.2, -0.15) is 0 Å². The number of carboxylic acid groups (broad SMARTS) is 1. The third-order valence-electron chi connectivity index (χ3n) is 2.44. The predicted octanol–water partition coefficient (Wildman–Crippen LogP) is -0.465. The molecular weight excluding hydrogens is 284 g/mol. The van der Waals surface area contributed by atoms with Crippen LogP contribution in [0.1, 0.15) is 26.7 Å². The molecule has 0 heterocycles. The lowest BCUT2D eigenvalue weighted by atomic mass is 10.1. The van der Waals surface area contributed by atoms with E-state index in [0.29, 0.717) is 0 Å². The van der Waals surface area contributed by atoms with E-state index in [1.807, 2.05) is 0 Å². The first-order valence-electron chi connectivity index (χ1n) is 6.06. The highest BCUT2D eigenvalue weighted by molar-refractivity contribution is 7.88. The van der Waals surface area contributed by atoms with Gasteiger partial charge in [-0.3, -0.25) is 18.6 Å². The van der Waals surface area contributed by atoms with E-state index in [1.165, 1.54) is 12.3 Å². The molecule has 3 unspecified atom stereocenters. The summed E-state index contributed by atoms with van der Waals surface area (Å²) >= 11 is 0. The molecule has 20 heavy (non-hydrogen) atoms. The van der Waals surface area contributed by atoms with E-state index in [4.69, 9.17) is 10.8 Å². The summed E-state index contributed by atoms with van der Waals surface area (Å²) in [4.78, 5) is 33.5. The van der Waals surface area contributed by atoms with Crippen LogP contribution in [0, 0.1) is 0 Å². The first kappa shape index (κ1) is 18.5. The number of amides is 1. The number of nitrogens with one attached hydrogen (secondary N) is 1. The number of ketones is 1. The Hall–Kier alpha value is -1.54. The molecule has 4 N–H and O–H groups in total. The number of allylic oxidation sites excluding steroid dienone is 1. The Morgan fingerprint density at radius 1 is 1.40 bits per heavy atom. The topological polar surface area (TPSA) is 127 Å². The van der Waals surface area contributed by atoms with Gasteiger partial charge < -0.3 is 16.2 Å². The molecule has 0 rings (SSSR count). The van der Waals surface area contributed by atoms with Crippen molar-refractivity contribution in [2.45, 2.75) is 38.8 Å². The number of rotatable bonds is 9. The number of nitrogens with two attached hydrogens (primary N) is 1. The van der Waals surface area contributed by atoms with Gasteiger partial charge in [-0.15, -0.1) is 0 Å². The summed E-state index contributed by atoms with van der Waals surface area (Å²) < 4.78 is 11.5. The summed E-state index contributed by atoms with van der Waals surface area (Å²) in [5.74, 6) is -1.98. The molecule has 7 nitrogen and oxygen atoms in total. The van der Waals surface area contributed by atoms with Crippen LogP contribution in [-0.4, -0.2) is 44.8 Å². The molecule has 0 aromatic heterocycles. The molecule has 0 spiro atoms. The van der Waals surface area contributed by atoms with E-state index < -0.39 is 34.8 Å². The van der Waals surface area contributed by atoms with E-state index in [0.717, 1.165) is 0 Å². The largest absolute Gasteiger partial charge is 0.480 e. The molecule has 0 aromatic rings. The molecule has 0 aliphatic carbocycles. The third-order valence-corrected chi connectivity index (χ3v) is 3.68. The van der Waals surface area contributed by atoms with Gasteiger partial charge in [-0.25, -0.2) is 0 Å². The van der Waals surface area contributed by atoms with Crippen molar-refractivity contribution in [2.24, 2.45) is 5.73 Å². The fourth-order valence-corrected chi connectivity index (χ4v) is 2.37. The number of hydrogen-bond donors (Lipinski definition) is 3. The SMILES string of the molecule is CC=CS(=O)CC(NC(=O)CCC(N)C(=O)O)C(C)=O. The molecule has 0 radical (unpaired) electrons. The lowest BCUT2D eigenvalue weighted by Gasteiger charge is -2.15. The number of carbonyl (C=O) groups is 3. The minimum Gasteiger partial charge on any atom is -0.480 e. The third kappa shape index (κ3) is 7.80. The molecule has 0 saturated carbocycles. The summed E-state index contributed by atoms with van der Waals surface area (Å²) in [6.45, 7) is 2.99. The zero-order valence-electron chi connectivity index (χ0n) is 11.5. The summed E-state index contributed by atoms with van der Waals surface area (Å²) in [5.41, 5.74) is 5.27. The monoisotopic (exact) mass is 304 g/mol. The maximum Gasteiger partial charge on any atom is 0.320 e. The van der Waals surface area contributed by atoms with E-state index in [9.17, 15) is 18.6 Å². The van der Waals surface area contributed by atoms with Crippen LogP contribution < -0.4 is 11.1 Å². The van der Waals surface area contributed by atoms with Crippen LogP contribution in [0.2, 0.25) is 0 Å². The maximum absolute atomic E-state index is 11.6. The molecular formula is C12H20N2O5S. The summed E-state index contributed by atoms with van der Waals surface area (Å²) in [7, 11) is -1.34. The Bertz CT molecular complexity index is 422. The number of carboxylic acids is 1. The second-order valence-electron chi connectivity index (χ2n) is 4.23. The Balaban J connectivity index is 4.38. The first-order valence-corrected chi connectivity index (χ1v) is 7.44. The summed E-state index contributed by atoms with van der Waals surface area (Å²) in [5, 5.41) is 12.5. The van der Waals surface area contributed by atoms with Crippen molar-refractivity contribution in [1.29, 1.82) is 0 Å². The van der Waals surface area contributed by atoms with Gasteiger partial charge >= 0.3 is 5.97 Å². The van der Waals surface area contributed by atoms with E-state index in [2.05, 4.69) is 5.32 Å². The zero-order chi connectivity index (χ0) is 15.7. The van der Waals surface area contributed by atoms with E-state index in [1.54, 1.807) is 13.0 Å². The lowest BCUT2D eigenvalue weighted by molar-refractivity contribution is -0.138. The Kier molecular flexibility index (Phi) is 8.66. The lowest BCUT2D eigenvalue weighted by Crippen LogP contribution is -2.43. The zero-order valence-corrected chi connectivity index (χ0v) is 12.3. The van der Waals surface area contributed by atoms with Crippen molar-refractivity contribution >= 4 is 28.5 Å². The van der Waals surface area contributed by atoms with Crippen molar-refractivity contribution in [2.75, 3.05) is 5.75 Å². The molecule has 0 saturated heterocycles. The minimum atomic E-state index is -1.34. The molecule has 3 atom stereocenters. The molecule has 0 fully saturated rings. The quantitative estimate of drug-likeness (QED) is 0.529. The highest BCUT2D eigenvalue weighted by Gasteiger charge is 2.20. The van der Waals surface area contributed by atoms with Gasteiger partial charge in [-0.05, 0) is 25.7 Å². The molecule has 8 heteroatoms. The summed E-state index contributed by atoms with van der Waals surface area (Å²) in [6.07, 6.45) is 1.47. The van der Waals surface area contributed by atoms with Gasteiger partial charge in [0.25, 0.3) is 0 Å². The van der Waals surface area contributed by atoms with Crippen molar-refractivity contribution in [3.05, 3.63) is 11.5 Å². The second kappa shape index (κ2) is 9.38. The fraction of sp³-hybridized carbons (Fsp3) is 0.583. The highest BCUT2D eigenvalue weighted by atomic mass is 32.2. The van der Waals surface area contributed by atoms with Gasteiger partial charge in [0, 0.05) is 17.2 Å². The van der Waals surface area contributed by atoms with Gasteiger partial charge in [0.2, 0.25) is 5.91 Å². The highest BCUT2D eigenvalue weighted by Crippen LogP contribution is 1.99. The predicted molar refractivity (Wildman–Crippen MR) is 75.3 cm³/mol. The van der Waals surface area contributed by atoms with Gasteiger partial charge in [0.1, 0.15) is 6.04 Å². The smallest absolute Gasteiger partial charge is 0.320 e. The fourth-order valence-electron chi connectivity index (χ4n) is 1.31. The number of Topliss-reactive ketones (excluding diaryl/α,β-unsaturated/α-hetero) is 1. The molecule has 0 aliphatic rings. The molecule has 0 aliphatic heterocycles. The Morgan fingerprint density at radius 2 is 2.00 bits per heavy atom. The van der Waals surface area contributed by atoms with Crippen molar-refractivity contribution < 1.29 is 23.7 Å². The molecule has 114 valence electrons. The van der Waals surface area contributed by atoms with Crippen LogP contribution in [0.15, 0.2) is 11.5 Å². The van der Waals surface area contributed by atoms with Crippen molar-refractivity contribution in [1.82, 2.24) is 5.32 Å². The normalized spacial score (nSPS) is 15.6. The van der Waals surface area contributed by atoms with Crippen molar-refractivity contribution in [3.8, 4) is 0 Å². The summed E-state index contributed by atoms with van der Waals surface area (Å²) in [6, 6.07) is -1.96. The first-order chi connectivity index (χ1) is 9.27. The van der Waals surface area contributed by atoms with Crippen LogP contribution in [0.25, 0.3) is 0 Å². The molecule has 0 aromatic carbocycles. The van der Waals surface area contributed by atoms with Gasteiger partial charge in [-0.1, -0.05) is 6.08 Å².